The van der Waals surface area contributed by atoms with Crippen LogP contribution in [0, 0.1) is 0 Å². The van der Waals surface area contributed by atoms with E-state index in [-0.39, 0.29) is 23.9 Å². The highest BCUT2D eigenvalue weighted by atomic mass is 35.5. The number of pyridine rings is 1. The molecule has 5 atom stereocenters. The van der Waals surface area contributed by atoms with Gasteiger partial charge in [-0.25, -0.2) is 0 Å². The van der Waals surface area contributed by atoms with Crippen LogP contribution in [-0.2, 0) is 6.54 Å². The molecule has 1 amide bonds. The molecule has 172 valence electrons. The molecule has 0 radical (unpaired) electrons. The molecule has 4 rings (SSSR count). The number of hydrogen-bond donors (Lipinski definition) is 3. The van der Waals surface area contributed by atoms with Crippen LogP contribution in [-0.4, -0.2) is 51.2 Å². The van der Waals surface area contributed by atoms with Gasteiger partial charge in [0.25, 0.3) is 5.91 Å². The number of aliphatic hydroxyl groups is 1. The van der Waals surface area contributed by atoms with Crippen molar-refractivity contribution in [2.45, 2.75) is 75.7 Å². The standard InChI is InChI=1S/C25H33ClN4O2/c1-16-5-4-10-30(16)15-17-7-8-19(21(26)11-17)20-12-23(22(27)13-25(20,2)32)29-24(31)18-6-3-9-28-14-18/h3,6-9,11,14,16,20,22-23,32H,4-5,10,12-13,15,27H2,1-2H3,(H,29,31)/t16-,20-,22-,23-,25-/m1/s1. The van der Waals surface area contributed by atoms with Crippen molar-refractivity contribution in [2.24, 2.45) is 5.73 Å². The topological polar surface area (TPSA) is 91.5 Å². The summed E-state index contributed by atoms with van der Waals surface area (Å²) < 4.78 is 0. The first-order chi connectivity index (χ1) is 15.2. The fourth-order valence-electron chi connectivity index (χ4n) is 5.23. The number of amides is 1. The van der Waals surface area contributed by atoms with Gasteiger partial charge in [-0.15, -0.1) is 0 Å². The number of carbonyl (C=O) groups excluding carboxylic acids is 1. The van der Waals surface area contributed by atoms with Gasteiger partial charge in [-0.05, 0) is 75.4 Å². The average molecular weight is 457 g/mol. The third kappa shape index (κ3) is 4.99. The first kappa shape index (κ1) is 23.2. The zero-order chi connectivity index (χ0) is 22.9. The van der Waals surface area contributed by atoms with Crippen LogP contribution in [0.2, 0.25) is 5.02 Å². The van der Waals surface area contributed by atoms with E-state index in [1.54, 1.807) is 18.3 Å². The third-order valence-electron chi connectivity index (χ3n) is 7.16. The lowest BCUT2D eigenvalue weighted by atomic mass is 9.69. The highest BCUT2D eigenvalue weighted by Crippen LogP contribution is 2.43. The molecular formula is C25H33ClN4O2. The van der Waals surface area contributed by atoms with E-state index in [1.165, 1.54) is 24.6 Å². The number of nitrogens with two attached hydrogens (primary N) is 1. The molecule has 1 aliphatic carbocycles. The Morgan fingerprint density at radius 1 is 1.41 bits per heavy atom. The van der Waals surface area contributed by atoms with Gasteiger partial charge in [-0.3, -0.25) is 14.7 Å². The van der Waals surface area contributed by atoms with E-state index in [9.17, 15) is 9.90 Å². The minimum absolute atomic E-state index is 0.208. The van der Waals surface area contributed by atoms with Crippen LogP contribution in [0.4, 0.5) is 0 Å². The van der Waals surface area contributed by atoms with Crippen molar-refractivity contribution in [2.75, 3.05) is 6.54 Å². The molecule has 7 heteroatoms. The molecule has 0 unspecified atom stereocenters. The average Bonchev–Trinajstić information content (AvgIpc) is 3.15. The van der Waals surface area contributed by atoms with E-state index in [1.807, 2.05) is 19.1 Å². The van der Waals surface area contributed by atoms with Crippen molar-refractivity contribution < 1.29 is 9.90 Å². The summed E-state index contributed by atoms with van der Waals surface area (Å²) in [6.07, 6.45) is 6.54. The Hall–Kier alpha value is -1.99. The van der Waals surface area contributed by atoms with Crippen LogP contribution < -0.4 is 11.1 Å². The highest BCUT2D eigenvalue weighted by molar-refractivity contribution is 6.31. The fraction of sp³-hybridized carbons (Fsp3) is 0.520. The molecule has 4 N–H and O–H groups in total. The highest BCUT2D eigenvalue weighted by Gasteiger charge is 2.44. The molecule has 2 aliphatic rings. The first-order valence-corrected chi connectivity index (χ1v) is 11.8. The molecule has 32 heavy (non-hydrogen) atoms. The maximum atomic E-state index is 12.7. The molecule has 1 saturated carbocycles. The number of benzene rings is 1. The van der Waals surface area contributed by atoms with Crippen molar-refractivity contribution in [1.82, 2.24) is 15.2 Å². The first-order valence-electron chi connectivity index (χ1n) is 11.5. The Bertz CT molecular complexity index is 952. The lowest BCUT2D eigenvalue weighted by molar-refractivity contribution is -0.0148. The number of carbonyl (C=O) groups is 1. The molecule has 6 nitrogen and oxygen atoms in total. The summed E-state index contributed by atoms with van der Waals surface area (Å²) in [5.41, 5.74) is 7.93. The molecule has 1 saturated heterocycles. The number of aromatic nitrogens is 1. The summed E-state index contributed by atoms with van der Waals surface area (Å²) in [6, 6.07) is 9.60. The SMILES string of the molecule is C[C@@H]1CCCN1Cc1ccc([C@H]2C[C@@H](NC(=O)c3cccnc3)[C@H](N)C[C@@]2(C)O)c(Cl)c1. The second-order valence-corrected chi connectivity index (χ2v) is 10.1. The second kappa shape index (κ2) is 9.48. The lowest BCUT2D eigenvalue weighted by Gasteiger charge is -2.45. The molecule has 0 bridgehead atoms. The van der Waals surface area contributed by atoms with E-state index in [2.05, 4.69) is 28.2 Å². The van der Waals surface area contributed by atoms with Crippen molar-refractivity contribution in [3.05, 3.63) is 64.4 Å². The number of hydrogen-bond acceptors (Lipinski definition) is 5. The van der Waals surface area contributed by atoms with Crippen molar-refractivity contribution in [3.63, 3.8) is 0 Å². The summed E-state index contributed by atoms with van der Waals surface area (Å²) in [7, 11) is 0. The van der Waals surface area contributed by atoms with Gasteiger partial charge < -0.3 is 16.2 Å². The Morgan fingerprint density at radius 2 is 2.22 bits per heavy atom. The number of halogens is 1. The molecule has 1 aromatic carbocycles. The summed E-state index contributed by atoms with van der Waals surface area (Å²) in [6.45, 7) is 6.09. The zero-order valence-electron chi connectivity index (χ0n) is 18.8. The number of likely N-dealkylation sites (tertiary alicyclic amines) is 1. The summed E-state index contributed by atoms with van der Waals surface area (Å²) in [5, 5.41) is 14.9. The molecular weight excluding hydrogens is 424 g/mol. The predicted molar refractivity (Wildman–Crippen MR) is 127 cm³/mol. The maximum absolute atomic E-state index is 12.7. The van der Waals surface area contributed by atoms with Gasteiger partial charge in [0.1, 0.15) is 0 Å². The van der Waals surface area contributed by atoms with Crippen LogP contribution in [0.25, 0.3) is 0 Å². The lowest BCUT2D eigenvalue weighted by Crippen LogP contribution is -2.57. The van der Waals surface area contributed by atoms with Crippen molar-refractivity contribution >= 4 is 17.5 Å². The fourth-order valence-corrected chi connectivity index (χ4v) is 5.57. The van der Waals surface area contributed by atoms with Gasteiger partial charge >= 0.3 is 0 Å². The predicted octanol–water partition coefficient (Wildman–Crippen LogP) is 3.47. The quantitative estimate of drug-likeness (QED) is 0.640. The monoisotopic (exact) mass is 456 g/mol. The third-order valence-corrected chi connectivity index (χ3v) is 7.49. The second-order valence-electron chi connectivity index (χ2n) is 9.65. The van der Waals surface area contributed by atoms with Crippen LogP contribution in [0.3, 0.4) is 0 Å². The molecule has 2 aromatic rings. The van der Waals surface area contributed by atoms with E-state index in [4.69, 9.17) is 17.3 Å². The normalized spacial score (nSPS) is 30.9. The van der Waals surface area contributed by atoms with Gasteiger partial charge in [-0.1, -0.05) is 23.7 Å². The van der Waals surface area contributed by atoms with Crippen molar-refractivity contribution in [1.29, 1.82) is 0 Å². The largest absolute Gasteiger partial charge is 0.389 e. The van der Waals surface area contributed by atoms with E-state index in [0.717, 1.165) is 18.7 Å². The minimum Gasteiger partial charge on any atom is -0.389 e. The van der Waals surface area contributed by atoms with Crippen LogP contribution in [0.15, 0.2) is 42.7 Å². The summed E-state index contributed by atoms with van der Waals surface area (Å²) in [5.74, 6) is -0.436. The molecule has 0 spiro atoms. The van der Waals surface area contributed by atoms with Gasteiger partial charge in [0.05, 0.1) is 11.2 Å². The van der Waals surface area contributed by atoms with Gasteiger partial charge in [0.15, 0.2) is 0 Å². The van der Waals surface area contributed by atoms with Gasteiger partial charge in [0, 0.05) is 48.0 Å². The Balaban J connectivity index is 1.51. The van der Waals surface area contributed by atoms with Gasteiger partial charge in [0.2, 0.25) is 0 Å². The summed E-state index contributed by atoms with van der Waals surface area (Å²) >= 11 is 6.74. The molecule has 2 heterocycles. The van der Waals surface area contributed by atoms with Crippen LogP contribution >= 0.6 is 11.6 Å². The Labute approximate surface area is 195 Å². The molecule has 1 aromatic heterocycles. The number of rotatable bonds is 5. The van der Waals surface area contributed by atoms with Crippen LogP contribution in [0.1, 0.15) is 66.9 Å². The number of nitrogens with zero attached hydrogens (tertiary/aromatic N) is 2. The minimum atomic E-state index is -1.01. The van der Waals surface area contributed by atoms with Gasteiger partial charge in [-0.2, -0.15) is 0 Å². The smallest absolute Gasteiger partial charge is 0.253 e. The number of nitrogens with one attached hydrogen (secondary N) is 1. The van der Waals surface area contributed by atoms with Crippen molar-refractivity contribution in [3.8, 4) is 0 Å². The van der Waals surface area contributed by atoms with E-state index >= 15 is 0 Å². The zero-order valence-corrected chi connectivity index (χ0v) is 19.6. The molecule has 2 fully saturated rings. The van der Waals surface area contributed by atoms with E-state index < -0.39 is 5.60 Å². The maximum Gasteiger partial charge on any atom is 0.253 e. The van der Waals surface area contributed by atoms with E-state index in [0.29, 0.717) is 29.5 Å². The summed E-state index contributed by atoms with van der Waals surface area (Å²) in [4.78, 5) is 19.2. The molecule has 1 aliphatic heterocycles. The van der Waals surface area contributed by atoms with Crippen LogP contribution in [0.5, 0.6) is 0 Å². The Kier molecular flexibility index (Phi) is 6.86. The Morgan fingerprint density at radius 3 is 2.88 bits per heavy atom.